The summed E-state index contributed by atoms with van der Waals surface area (Å²) in [4.78, 5) is 56.9. The summed E-state index contributed by atoms with van der Waals surface area (Å²) in [7, 11) is -5.51. The quantitative estimate of drug-likeness (QED) is 0.0444. The van der Waals surface area contributed by atoms with Gasteiger partial charge in [0.05, 0.1) is 62.4 Å². The molecule has 3 aromatic carbocycles. The number of carboxylic acid groups (broad SMARTS) is 1. The van der Waals surface area contributed by atoms with Crippen molar-refractivity contribution in [2.45, 2.75) is 122 Å². The van der Waals surface area contributed by atoms with Crippen LogP contribution < -0.4 is 21.1 Å². The molecule has 4 N–H and O–H groups in total. The monoisotopic (exact) mass is 1170 g/mol. The second kappa shape index (κ2) is 27.5. The highest BCUT2D eigenvalue weighted by molar-refractivity contribution is 7.90. The first kappa shape index (κ1) is 65.2. The molecule has 0 saturated heterocycles. The molecule has 18 nitrogen and oxygen atoms in total. The van der Waals surface area contributed by atoms with Gasteiger partial charge in [0, 0.05) is 49.2 Å². The highest BCUT2D eigenvalue weighted by Crippen LogP contribution is 2.43. The molecule has 1 fully saturated rings. The highest BCUT2D eigenvalue weighted by Gasteiger charge is 2.36. The largest absolute Gasteiger partial charge is 0.489 e. The molecule has 0 aliphatic heterocycles. The van der Waals surface area contributed by atoms with E-state index >= 15 is 0 Å². The lowest BCUT2D eigenvalue weighted by atomic mass is 9.97. The second-order valence-corrected chi connectivity index (χ2v) is 24.7. The first-order valence-electron chi connectivity index (χ1n) is 23.5. The molecule has 0 radical (unpaired) electrons. The minimum atomic E-state index is -4.71. The van der Waals surface area contributed by atoms with Crippen LogP contribution in [0.4, 0.5) is 18.9 Å². The minimum Gasteiger partial charge on any atom is -0.489 e. The van der Waals surface area contributed by atoms with Crippen LogP contribution >= 0.6 is 42.2 Å². The summed E-state index contributed by atoms with van der Waals surface area (Å²) in [6.07, 6.45) is -0.331. The number of aromatic nitrogens is 3. The van der Waals surface area contributed by atoms with Crippen LogP contribution in [0.25, 0.3) is 5.69 Å². The molecular weight excluding hydrogens is 1100 g/mol. The summed E-state index contributed by atoms with van der Waals surface area (Å²) < 4.78 is 95.1. The molecule has 1 saturated carbocycles. The Hall–Kier alpha value is -5.06. The lowest BCUT2D eigenvalue weighted by Gasteiger charge is -2.31. The van der Waals surface area contributed by atoms with Crippen molar-refractivity contribution in [3.63, 3.8) is 0 Å². The maximum atomic E-state index is 12.8. The number of alkyl halides is 4. The summed E-state index contributed by atoms with van der Waals surface area (Å²) in [5.74, 6) is -1.42. The number of methoxy groups -OCH3 is 1. The fourth-order valence-corrected chi connectivity index (χ4v) is 9.27. The molecule has 1 aliphatic rings. The molecule has 0 bridgehead atoms. The lowest BCUT2D eigenvalue weighted by Crippen LogP contribution is -2.43. The molecule has 2 heterocycles. The Kier molecular flexibility index (Phi) is 23.6. The number of halogens is 6. The number of rotatable bonds is 17. The van der Waals surface area contributed by atoms with E-state index in [4.69, 9.17) is 69.0 Å². The Bertz CT molecular complexity index is 3040. The number of hydrogen-bond donors (Lipinski definition) is 3. The van der Waals surface area contributed by atoms with Crippen LogP contribution in [-0.4, -0.2) is 108 Å². The van der Waals surface area contributed by atoms with Gasteiger partial charge >= 0.3 is 17.9 Å². The van der Waals surface area contributed by atoms with Gasteiger partial charge in [0.25, 0.3) is 0 Å². The number of carboxylic acids is 1. The number of aliphatic carboxylic acids is 1. The third kappa shape index (κ3) is 18.8. The van der Waals surface area contributed by atoms with Crippen molar-refractivity contribution >= 4 is 75.4 Å². The van der Waals surface area contributed by atoms with E-state index in [1.165, 1.54) is 18.9 Å². The third-order valence-electron chi connectivity index (χ3n) is 10.9. The van der Waals surface area contributed by atoms with Crippen molar-refractivity contribution in [1.29, 1.82) is 0 Å². The molecule has 2 aromatic heterocycles. The number of sulfone groups is 1. The number of nitrogens with zero attached hydrogens (tertiary/aromatic N) is 4. The minimum absolute atomic E-state index is 0.0223. The molecule has 1 amide bonds. The van der Waals surface area contributed by atoms with Crippen LogP contribution in [0.5, 0.6) is 5.75 Å². The zero-order valence-electron chi connectivity index (χ0n) is 43.8. The average Bonchev–Trinajstić information content (AvgIpc) is 3.90. The van der Waals surface area contributed by atoms with Gasteiger partial charge < -0.3 is 39.0 Å². The normalized spacial score (nSPS) is 14.2. The van der Waals surface area contributed by atoms with E-state index in [9.17, 15) is 45.3 Å². The maximum absolute atomic E-state index is 12.8. The van der Waals surface area contributed by atoms with E-state index in [1.807, 2.05) is 60.6 Å². The van der Waals surface area contributed by atoms with Gasteiger partial charge in [-0.15, -0.1) is 16.7 Å². The Morgan fingerprint density at radius 3 is 2.16 bits per heavy atom. The Labute approximate surface area is 454 Å². The smallest absolute Gasteiger partial charge is 0.442 e. The first-order valence-corrected chi connectivity index (χ1v) is 28.9. The van der Waals surface area contributed by atoms with Crippen LogP contribution in [0.3, 0.4) is 0 Å². The fraction of sp³-hybridized carbons (Fsp3) is 0.480. The fourth-order valence-electron chi connectivity index (χ4n) is 6.98. The number of amides is 1. The van der Waals surface area contributed by atoms with Gasteiger partial charge in [0.2, 0.25) is 11.8 Å². The van der Waals surface area contributed by atoms with Crippen molar-refractivity contribution in [2.24, 2.45) is 5.73 Å². The number of ketones is 1. The van der Waals surface area contributed by atoms with Gasteiger partial charge in [-0.05, 0) is 88.8 Å². The van der Waals surface area contributed by atoms with E-state index in [2.05, 4.69) is 23.2 Å². The number of carbonyl (C=O) groups excluding carboxylic acids is 2. The zero-order valence-corrected chi connectivity index (χ0v) is 47.8. The van der Waals surface area contributed by atoms with Gasteiger partial charge in [0.1, 0.15) is 17.7 Å². The standard InChI is InChI=1S/C15H18Cl2N2O3.C15H22ClNO2.C15H12F3NO4S.C5H12NO4P/c1-8(2)21-12-7-11(9(16)6-10(12)17)19-14(20)22-13(18-19)15(3,4)5;1-5-13-8-6-7-11(2)15(13)17(14(18)9-16)12(3)10-19-4;1-24(21,22)12-6-9(15(16,17)18)4-5-10(12)13(20)11-7-19-23-14(11)8-2-3-8;1-11(9,10)3-2-4(6)5(7)8/h6-8H,1-5H3;6-8,12H,5,9-10H2,1-4H3;4-8H,2-3H2,1H3;4H,2-3,6H2,1H3,(H,7,8)(H,9,10). The maximum Gasteiger partial charge on any atom is 0.442 e. The summed E-state index contributed by atoms with van der Waals surface area (Å²) in [6.45, 7) is 17.2. The van der Waals surface area contributed by atoms with Crippen LogP contribution in [0.15, 0.2) is 73.4 Å². The van der Waals surface area contributed by atoms with Gasteiger partial charge in [-0.1, -0.05) is 74.3 Å². The van der Waals surface area contributed by atoms with Crippen LogP contribution in [-0.2, 0) is 46.7 Å². The predicted octanol–water partition coefficient (Wildman–Crippen LogP) is 10.3. The number of benzene rings is 3. The molecular formula is C50H64Cl3F3N5O13PS. The van der Waals surface area contributed by atoms with E-state index in [0.717, 1.165) is 53.1 Å². The third-order valence-corrected chi connectivity index (χ3v) is 13.9. The first-order chi connectivity index (χ1) is 35.1. The predicted molar refractivity (Wildman–Crippen MR) is 284 cm³/mol. The van der Waals surface area contributed by atoms with Crippen molar-refractivity contribution in [3.8, 4) is 11.4 Å². The topological polar surface area (TPSA) is 265 Å². The Balaban J connectivity index is 0.000000276. The summed E-state index contributed by atoms with van der Waals surface area (Å²) >= 11 is 18.1. The Morgan fingerprint density at radius 2 is 1.67 bits per heavy atom. The number of nitrogens with two attached hydrogens (primary N) is 1. The van der Waals surface area contributed by atoms with Gasteiger partial charge in [0.15, 0.2) is 28.7 Å². The average molecular weight is 1170 g/mol. The molecule has 1 aliphatic carbocycles. The number of carbonyl (C=O) groups is 3. The van der Waals surface area contributed by atoms with Crippen LogP contribution in [0.2, 0.25) is 10.0 Å². The summed E-state index contributed by atoms with van der Waals surface area (Å²) in [6, 6.07) is 10.2. The van der Waals surface area contributed by atoms with Gasteiger partial charge in [-0.2, -0.15) is 17.9 Å². The number of para-hydroxylation sites is 1. The van der Waals surface area contributed by atoms with E-state index < -0.39 is 57.4 Å². The SMILES string of the molecule is CC(C)Oc1cc(-n2nc(C(C)(C)C)oc2=O)c(Cl)cc1Cl.CCc1cccc(C)c1N(C(=O)CCl)C(C)COC.CP(=O)(O)CCC(N)C(=O)O.CS(=O)(=O)c1cc(C(F)(F)F)ccc1C(=O)c1cnoc1C1CC1. The van der Waals surface area contributed by atoms with Crippen LogP contribution in [0, 0.1) is 6.92 Å². The number of aryl methyl sites for hydroxylation is 2. The number of hydrogen-bond acceptors (Lipinski definition) is 14. The van der Waals surface area contributed by atoms with Gasteiger partial charge in [-0.25, -0.2) is 13.2 Å². The number of ether oxygens (including phenoxy) is 2. The van der Waals surface area contributed by atoms with Crippen molar-refractivity contribution in [2.75, 3.05) is 43.6 Å². The van der Waals surface area contributed by atoms with Crippen molar-refractivity contribution in [3.05, 3.63) is 115 Å². The molecule has 3 unspecified atom stereocenters. The molecule has 3 atom stereocenters. The highest BCUT2D eigenvalue weighted by atomic mass is 35.5. The van der Waals surface area contributed by atoms with Crippen molar-refractivity contribution in [1.82, 2.24) is 14.9 Å². The van der Waals surface area contributed by atoms with Crippen molar-refractivity contribution < 1.29 is 69.0 Å². The Morgan fingerprint density at radius 1 is 1.04 bits per heavy atom. The van der Waals surface area contributed by atoms with E-state index in [-0.39, 0.29) is 64.0 Å². The molecule has 420 valence electrons. The number of anilines is 1. The molecule has 0 spiro atoms. The molecule has 26 heteroatoms. The molecule has 76 heavy (non-hydrogen) atoms. The summed E-state index contributed by atoms with van der Waals surface area (Å²) in [5.41, 5.74) is 6.91. The lowest BCUT2D eigenvalue weighted by molar-refractivity contribution is -0.139. The van der Waals surface area contributed by atoms with Crippen LogP contribution in [0.1, 0.15) is 118 Å². The van der Waals surface area contributed by atoms with E-state index in [1.54, 1.807) is 18.1 Å². The molecule has 6 rings (SSSR count). The second-order valence-electron chi connectivity index (χ2n) is 19.1. The van der Waals surface area contributed by atoms with Gasteiger partial charge in [-0.3, -0.25) is 18.9 Å². The zero-order chi connectivity index (χ0) is 57.8. The summed E-state index contributed by atoms with van der Waals surface area (Å²) in [5, 5.41) is 16.7. The molecule has 5 aromatic rings. The van der Waals surface area contributed by atoms with E-state index in [0.29, 0.717) is 46.9 Å².